The molecule has 0 spiro atoms. The number of aliphatic hydroxyl groups excluding tert-OH is 7. The topological polar surface area (TPSA) is 267 Å². The molecule has 17 heteroatoms. The van der Waals surface area contributed by atoms with Crippen LogP contribution in [0.25, 0.3) is 0 Å². The van der Waals surface area contributed by atoms with Gasteiger partial charge in [0, 0.05) is 31.1 Å². The van der Waals surface area contributed by atoms with Crippen LogP contribution >= 0.6 is 7.82 Å². The molecule has 0 aromatic heterocycles. The van der Waals surface area contributed by atoms with E-state index in [1.54, 1.807) is 0 Å². The lowest BCUT2D eigenvalue weighted by atomic mass is 9.83. The maximum absolute atomic E-state index is 13.6. The molecule has 372 valence electrons. The number of unbranched alkanes of at least 4 members (excludes halogenated alkanes) is 13. The van der Waals surface area contributed by atoms with Gasteiger partial charge in [0.15, 0.2) is 6.10 Å². The summed E-state index contributed by atoms with van der Waals surface area (Å²) in [4.78, 5) is 50.0. The van der Waals surface area contributed by atoms with E-state index in [0.29, 0.717) is 44.9 Å². The number of carbonyl (C=O) groups excluding carboxylic acids is 3. The highest BCUT2D eigenvalue weighted by atomic mass is 31.2. The molecule has 0 radical (unpaired) electrons. The van der Waals surface area contributed by atoms with Crippen molar-refractivity contribution in [2.24, 2.45) is 11.8 Å². The SMILES string of the molecule is CCCCCC/C=C\CCCCCCCCCC(=O)OC[C@@H]1COP(=O)(O)O[C@H]2[C@H](O)[C@@H](O)[C@H](O)[C@@H](CCCCCCC(=O)O1)C(=O)C[C@@H](O)[C@H](/C=C/[C@@H](O)CCCCC)[C@@H](O)[C@H]2O. The van der Waals surface area contributed by atoms with Crippen molar-refractivity contribution in [2.45, 2.75) is 229 Å². The number of hydrogen-bond acceptors (Lipinski definition) is 15. The molecule has 1 saturated carbocycles. The van der Waals surface area contributed by atoms with Crippen LogP contribution in [0.3, 0.4) is 0 Å². The Bertz CT molecular complexity index is 1390. The van der Waals surface area contributed by atoms with Crippen molar-refractivity contribution >= 4 is 25.5 Å². The first-order chi connectivity index (χ1) is 30.6. The van der Waals surface area contributed by atoms with Crippen LogP contribution in [0.4, 0.5) is 0 Å². The van der Waals surface area contributed by atoms with Gasteiger partial charge in [-0.1, -0.05) is 128 Å². The van der Waals surface area contributed by atoms with E-state index >= 15 is 0 Å². The van der Waals surface area contributed by atoms with Crippen LogP contribution in [0.15, 0.2) is 24.3 Å². The summed E-state index contributed by atoms with van der Waals surface area (Å²) < 4.78 is 34.7. The van der Waals surface area contributed by atoms with E-state index in [4.69, 9.17) is 18.5 Å². The number of fused-ring (bicyclic) bond motifs is 4. The Morgan fingerprint density at radius 2 is 1.36 bits per heavy atom. The minimum atomic E-state index is -5.44. The average Bonchev–Trinajstić information content (AvgIpc) is 3.26. The lowest BCUT2D eigenvalue weighted by Gasteiger charge is -2.36. The van der Waals surface area contributed by atoms with Crippen LogP contribution in [0.5, 0.6) is 0 Å². The number of carbonyl (C=O) groups is 3. The highest BCUT2D eigenvalue weighted by molar-refractivity contribution is 7.47. The third kappa shape index (κ3) is 23.6. The van der Waals surface area contributed by atoms with Gasteiger partial charge in [0.25, 0.3) is 0 Å². The predicted molar refractivity (Wildman–Crippen MR) is 241 cm³/mol. The fraction of sp³-hybridized carbons (Fsp3) is 0.851. The first kappa shape index (κ1) is 58.0. The number of phosphoric acid groups is 1. The van der Waals surface area contributed by atoms with Crippen LogP contribution in [0.1, 0.15) is 174 Å². The maximum atomic E-state index is 13.6. The largest absolute Gasteiger partial charge is 0.472 e. The lowest BCUT2D eigenvalue weighted by Crippen LogP contribution is -2.55. The maximum Gasteiger partial charge on any atom is 0.472 e. The van der Waals surface area contributed by atoms with E-state index in [1.807, 2.05) is 6.92 Å². The Hall–Kier alpha value is -2.08. The van der Waals surface area contributed by atoms with Crippen molar-refractivity contribution in [1.82, 2.24) is 0 Å². The summed E-state index contributed by atoms with van der Waals surface area (Å²) in [7, 11) is -5.44. The summed E-state index contributed by atoms with van der Waals surface area (Å²) in [6, 6.07) is 0. The third-order valence-electron chi connectivity index (χ3n) is 12.2. The molecule has 1 heterocycles. The number of ether oxygens (including phenoxy) is 2. The van der Waals surface area contributed by atoms with Gasteiger partial charge in [-0.3, -0.25) is 23.4 Å². The molecule has 0 aromatic rings. The van der Waals surface area contributed by atoms with Gasteiger partial charge >= 0.3 is 19.8 Å². The number of esters is 2. The molecule has 2 aliphatic rings. The smallest absolute Gasteiger partial charge is 0.462 e. The minimum absolute atomic E-state index is 0.0271. The summed E-state index contributed by atoms with van der Waals surface area (Å²) >= 11 is 0. The molecular formula is C47H83O16P. The predicted octanol–water partition coefficient (Wildman–Crippen LogP) is 6.20. The number of phosphoric ester groups is 1. The fourth-order valence-electron chi connectivity index (χ4n) is 8.13. The van der Waals surface area contributed by atoms with Crippen LogP contribution in [0.2, 0.25) is 0 Å². The fourth-order valence-corrected chi connectivity index (χ4v) is 9.11. The molecular weight excluding hydrogens is 851 g/mol. The van der Waals surface area contributed by atoms with Gasteiger partial charge in [-0.05, 0) is 51.4 Å². The van der Waals surface area contributed by atoms with Crippen molar-refractivity contribution in [3.63, 3.8) is 0 Å². The standard InChI is InChI=1S/C47H83O16P/c1-3-5-7-8-9-10-11-12-13-14-15-16-17-18-23-27-40(51)60-32-35-33-61-64(58,59)63-47-45(56)43(54)37(30-29-34(48)25-21-6-4-2)39(50)31-38(49)36(42(53)44(55)46(47)57)26-22-19-20-24-28-41(52)62-35/h10-11,29-30,34-37,39,42-48,50,53-57H,3-9,12-28,31-33H2,1-2H3,(H,58,59)/b11-10-,30-29+/t34-,35+,36-,37-,39+,42+,43+,44-,45+,46+,47+/m0/s1. The zero-order chi connectivity index (χ0) is 47.3. The number of ketones is 1. The summed E-state index contributed by atoms with van der Waals surface area (Å²) in [6.07, 6.45) is 7.30. The second kappa shape index (κ2) is 33.4. The number of allylic oxidation sites excluding steroid dienone is 2. The zero-order valence-corrected chi connectivity index (χ0v) is 39.4. The van der Waals surface area contributed by atoms with Gasteiger partial charge in [-0.2, -0.15) is 0 Å². The molecule has 16 nitrogen and oxygen atoms in total. The molecule has 12 atom stereocenters. The molecule has 2 fully saturated rings. The summed E-state index contributed by atoms with van der Waals surface area (Å²) in [5, 5.41) is 78.5. The molecule has 1 unspecified atom stereocenters. The Labute approximate surface area is 381 Å². The number of rotatable bonds is 23. The second-order valence-electron chi connectivity index (χ2n) is 17.7. The van der Waals surface area contributed by atoms with Gasteiger partial charge in [0.2, 0.25) is 0 Å². The Kier molecular flexibility index (Phi) is 30.3. The van der Waals surface area contributed by atoms with E-state index in [9.17, 15) is 59.6 Å². The average molecular weight is 935 g/mol. The summed E-state index contributed by atoms with van der Waals surface area (Å²) in [6.45, 7) is 2.82. The lowest BCUT2D eigenvalue weighted by molar-refractivity contribution is -0.166. The van der Waals surface area contributed by atoms with Gasteiger partial charge < -0.3 is 50.1 Å². The number of hydrogen-bond donors (Lipinski definition) is 8. The van der Waals surface area contributed by atoms with E-state index in [2.05, 4.69) is 19.1 Å². The van der Waals surface area contributed by atoms with Crippen molar-refractivity contribution < 1.29 is 78.1 Å². The number of Topliss-reactive ketones (excluding diaryl/α,β-unsaturated/α-hetero) is 1. The van der Waals surface area contributed by atoms with Crippen LogP contribution in [-0.4, -0.2) is 127 Å². The van der Waals surface area contributed by atoms with Crippen LogP contribution < -0.4 is 0 Å². The second-order valence-corrected chi connectivity index (χ2v) is 19.1. The molecule has 0 aromatic carbocycles. The quantitative estimate of drug-likeness (QED) is 0.0245. The first-order valence-electron chi connectivity index (χ1n) is 24.2. The van der Waals surface area contributed by atoms with Gasteiger partial charge in [-0.25, -0.2) is 4.57 Å². The van der Waals surface area contributed by atoms with Gasteiger partial charge in [0.1, 0.15) is 36.8 Å². The summed E-state index contributed by atoms with van der Waals surface area (Å²) in [5.41, 5.74) is 0. The molecule has 0 amide bonds. The van der Waals surface area contributed by atoms with Gasteiger partial charge in [-0.15, -0.1) is 0 Å². The van der Waals surface area contributed by atoms with Crippen molar-refractivity contribution in [3.05, 3.63) is 24.3 Å². The zero-order valence-electron chi connectivity index (χ0n) is 38.5. The molecule has 64 heavy (non-hydrogen) atoms. The van der Waals surface area contributed by atoms with E-state index in [0.717, 1.165) is 64.2 Å². The Balaban J connectivity index is 2.14. The Morgan fingerprint density at radius 3 is 2.03 bits per heavy atom. The normalized spacial score (nSPS) is 31.4. The minimum Gasteiger partial charge on any atom is -0.462 e. The third-order valence-corrected chi connectivity index (χ3v) is 13.1. The van der Waals surface area contributed by atoms with E-state index in [-0.39, 0.29) is 19.3 Å². The van der Waals surface area contributed by atoms with Crippen LogP contribution in [-0.2, 0) is 37.5 Å². The molecule has 8 N–H and O–H groups in total. The van der Waals surface area contributed by atoms with Crippen molar-refractivity contribution in [1.29, 1.82) is 0 Å². The first-order valence-corrected chi connectivity index (χ1v) is 25.7. The van der Waals surface area contributed by atoms with Crippen LogP contribution in [0, 0.1) is 11.8 Å². The molecule has 1 aliphatic carbocycles. The summed E-state index contributed by atoms with van der Waals surface area (Å²) in [5.74, 6) is -4.86. The molecule has 1 aliphatic heterocycles. The molecule has 2 bridgehead atoms. The number of cyclic esters (lactones) is 1. The Morgan fingerprint density at radius 1 is 0.766 bits per heavy atom. The highest BCUT2D eigenvalue weighted by Gasteiger charge is 2.49. The highest BCUT2D eigenvalue weighted by Crippen LogP contribution is 2.47. The molecule has 2 rings (SSSR count). The van der Waals surface area contributed by atoms with Crippen molar-refractivity contribution in [3.8, 4) is 0 Å². The van der Waals surface area contributed by atoms with Gasteiger partial charge in [0.05, 0.1) is 31.0 Å². The monoisotopic (exact) mass is 935 g/mol. The molecule has 1 saturated heterocycles. The van der Waals surface area contributed by atoms with Crippen molar-refractivity contribution in [2.75, 3.05) is 13.2 Å². The number of aliphatic hydroxyl groups is 7. The van der Waals surface area contributed by atoms with E-state index < -0.39 is 112 Å². The van der Waals surface area contributed by atoms with E-state index in [1.165, 1.54) is 37.8 Å².